The van der Waals surface area contributed by atoms with Gasteiger partial charge in [-0.05, 0) is 37.9 Å². The number of halogens is 1. The molecule has 0 aromatic heterocycles. The number of amides is 1. The van der Waals surface area contributed by atoms with Crippen molar-refractivity contribution in [3.8, 4) is 0 Å². The molecule has 2 unspecified atom stereocenters. The molecule has 2 aliphatic heterocycles. The van der Waals surface area contributed by atoms with Crippen molar-refractivity contribution in [2.45, 2.75) is 25.8 Å². The van der Waals surface area contributed by atoms with E-state index in [-0.39, 0.29) is 30.3 Å². The molecule has 1 saturated heterocycles. The summed E-state index contributed by atoms with van der Waals surface area (Å²) in [6, 6.07) is 7.72. The summed E-state index contributed by atoms with van der Waals surface area (Å²) in [6.45, 7) is 3.75. The van der Waals surface area contributed by atoms with Gasteiger partial charge in [0.05, 0.1) is 12.0 Å². The number of fused-ring (bicyclic) bond motifs is 1. The second-order valence-corrected chi connectivity index (χ2v) is 5.86. The Balaban J connectivity index is 0.00000176. The second-order valence-electron chi connectivity index (χ2n) is 5.86. The normalized spacial score (nSPS) is 22.0. The molecule has 1 fully saturated rings. The summed E-state index contributed by atoms with van der Waals surface area (Å²) in [4.78, 5) is 27.6. The molecule has 0 bridgehead atoms. The average Bonchev–Trinajstić information content (AvgIpc) is 3.12. The molecule has 2 heterocycles. The molecule has 6 heteroatoms. The molecule has 0 spiro atoms. The van der Waals surface area contributed by atoms with Gasteiger partial charge >= 0.3 is 5.97 Å². The maximum Gasteiger partial charge on any atom is 0.307 e. The van der Waals surface area contributed by atoms with Crippen LogP contribution in [-0.2, 0) is 16.0 Å². The third kappa shape index (κ3) is 2.96. The van der Waals surface area contributed by atoms with Crippen LogP contribution < -0.4 is 4.90 Å². The summed E-state index contributed by atoms with van der Waals surface area (Å²) in [5, 5.41) is 9.07. The van der Waals surface area contributed by atoms with E-state index >= 15 is 0 Å². The van der Waals surface area contributed by atoms with Crippen molar-refractivity contribution >= 4 is 30.0 Å². The minimum Gasteiger partial charge on any atom is -0.481 e. The van der Waals surface area contributed by atoms with Crippen LogP contribution in [0, 0.1) is 5.92 Å². The first-order chi connectivity index (χ1) is 10.1. The monoisotopic (exact) mass is 324 g/mol. The molecule has 3 rings (SSSR count). The molecule has 0 saturated carbocycles. The van der Waals surface area contributed by atoms with Crippen LogP contribution >= 0.6 is 12.4 Å². The molecule has 1 aromatic rings. The van der Waals surface area contributed by atoms with Crippen molar-refractivity contribution in [2.24, 2.45) is 5.92 Å². The molecular weight excluding hydrogens is 304 g/mol. The van der Waals surface area contributed by atoms with Crippen LogP contribution in [-0.4, -0.2) is 47.6 Å². The fraction of sp³-hybridized carbons (Fsp3) is 0.500. The number of hydrogen-bond acceptors (Lipinski definition) is 3. The number of para-hydroxylation sites is 1. The number of carboxylic acids is 1. The predicted octanol–water partition coefficient (Wildman–Crippen LogP) is 1.79. The van der Waals surface area contributed by atoms with Crippen molar-refractivity contribution in [1.29, 1.82) is 0 Å². The Morgan fingerprint density at radius 3 is 2.68 bits per heavy atom. The standard InChI is InChI=1S/C16H20N2O3.ClH/c1-11(17-8-6-13(10-17)16(20)21)15(19)18-9-7-12-4-2-3-5-14(12)18;/h2-5,11,13H,6-10H2,1H3,(H,20,21);1H. The van der Waals surface area contributed by atoms with Crippen molar-refractivity contribution in [1.82, 2.24) is 4.90 Å². The first-order valence-corrected chi connectivity index (χ1v) is 7.44. The molecule has 1 aromatic carbocycles. The zero-order valence-electron chi connectivity index (χ0n) is 12.6. The number of carboxylic acid groups (broad SMARTS) is 1. The van der Waals surface area contributed by atoms with E-state index in [0.29, 0.717) is 19.5 Å². The first kappa shape index (κ1) is 16.8. The van der Waals surface area contributed by atoms with Gasteiger partial charge < -0.3 is 10.0 Å². The Kier molecular flexibility index (Phi) is 5.08. The van der Waals surface area contributed by atoms with Gasteiger partial charge in [-0.25, -0.2) is 0 Å². The largest absolute Gasteiger partial charge is 0.481 e. The topological polar surface area (TPSA) is 60.9 Å². The van der Waals surface area contributed by atoms with Crippen LogP contribution in [0.5, 0.6) is 0 Å². The quantitative estimate of drug-likeness (QED) is 0.921. The van der Waals surface area contributed by atoms with E-state index in [4.69, 9.17) is 5.11 Å². The van der Waals surface area contributed by atoms with E-state index < -0.39 is 5.97 Å². The van der Waals surface area contributed by atoms with Crippen LogP contribution in [0.3, 0.4) is 0 Å². The molecule has 2 atom stereocenters. The molecule has 1 N–H and O–H groups in total. The van der Waals surface area contributed by atoms with E-state index in [0.717, 1.165) is 18.7 Å². The Morgan fingerprint density at radius 2 is 2.00 bits per heavy atom. The van der Waals surface area contributed by atoms with Gasteiger partial charge in [0, 0.05) is 18.8 Å². The number of likely N-dealkylation sites (tertiary alicyclic amines) is 1. The fourth-order valence-corrected chi connectivity index (χ4v) is 3.29. The number of hydrogen-bond donors (Lipinski definition) is 1. The second kappa shape index (κ2) is 6.67. The maximum absolute atomic E-state index is 12.7. The third-order valence-electron chi connectivity index (χ3n) is 4.63. The van der Waals surface area contributed by atoms with E-state index in [1.54, 1.807) is 0 Å². The maximum atomic E-state index is 12.7. The lowest BCUT2D eigenvalue weighted by molar-refractivity contribution is -0.141. The van der Waals surface area contributed by atoms with Gasteiger partial charge in [-0.3, -0.25) is 14.5 Å². The number of carbonyl (C=O) groups is 2. The van der Waals surface area contributed by atoms with Gasteiger partial charge in [0.25, 0.3) is 0 Å². The van der Waals surface area contributed by atoms with Gasteiger partial charge in [-0.2, -0.15) is 0 Å². The summed E-state index contributed by atoms with van der Waals surface area (Å²) < 4.78 is 0. The summed E-state index contributed by atoms with van der Waals surface area (Å²) in [7, 11) is 0. The Labute approximate surface area is 136 Å². The number of aliphatic carboxylic acids is 1. The zero-order valence-corrected chi connectivity index (χ0v) is 13.4. The lowest BCUT2D eigenvalue weighted by Gasteiger charge is -2.28. The molecule has 5 nitrogen and oxygen atoms in total. The fourth-order valence-electron chi connectivity index (χ4n) is 3.29. The van der Waals surface area contributed by atoms with Crippen molar-refractivity contribution in [3.63, 3.8) is 0 Å². The minimum atomic E-state index is -0.760. The summed E-state index contributed by atoms with van der Waals surface area (Å²) >= 11 is 0. The van der Waals surface area contributed by atoms with Crippen LogP contribution in [0.15, 0.2) is 24.3 Å². The van der Waals surface area contributed by atoms with Gasteiger partial charge in [0.15, 0.2) is 0 Å². The van der Waals surface area contributed by atoms with Crippen LogP contribution in [0.2, 0.25) is 0 Å². The van der Waals surface area contributed by atoms with Gasteiger partial charge in [-0.15, -0.1) is 12.4 Å². The molecular formula is C16H21ClN2O3. The molecule has 2 aliphatic rings. The zero-order chi connectivity index (χ0) is 15.0. The van der Waals surface area contributed by atoms with Crippen LogP contribution in [0.4, 0.5) is 5.69 Å². The van der Waals surface area contributed by atoms with Crippen molar-refractivity contribution in [3.05, 3.63) is 29.8 Å². The van der Waals surface area contributed by atoms with E-state index in [1.807, 2.05) is 34.9 Å². The molecule has 0 radical (unpaired) electrons. The highest BCUT2D eigenvalue weighted by Gasteiger charge is 2.36. The SMILES string of the molecule is CC(C(=O)N1CCc2ccccc21)N1CCC(C(=O)O)C1.Cl. The Morgan fingerprint density at radius 1 is 1.27 bits per heavy atom. The van der Waals surface area contributed by atoms with Crippen molar-refractivity contribution < 1.29 is 14.7 Å². The van der Waals surface area contributed by atoms with E-state index in [1.165, 1.54) is 5.56 Å². The Bertz CT molecular complexity index is 578. The highest BCUT2D eigenvalue weighted by atomic mass is 35.5. The summed E-state index contributed by atoms with van der Waals surface area (Å²) in [5.41, 5.74) is 2.21. The van der Waals surface area contributed by atoms with Crippen LogP contribution in [0.25, 0.3) is 0 Å². The summed E-state index contributed by atoms with van der Waals surface area (Å²) in [5.74, 6) is -1.03. The van der Waals surface area contributed by atoms with Gasteiger partial charge in [-0.1, -0.05) is 18.2 Å². The smallest absolute Gasteiger partial charge is 0.307 e. The number of benzene rings is 1. The molecule has 0 aliphatic carbocycles. The summed E-state index contributed by atoms with van der Waals surface area (Å²) in [6.07, 6.45) is 1.52. The highest BCUT2D eigenvalue weighted by Crippen LogP contribution is 2.29. The third-order valence-corrected chi connectivity index (χ3v) is 4.63. The lowest BCUT2D eigenvalue weighted by Crippen LogP contribution is -2.46. The van der Waals surface area contributed by atoms with Gasteiger partial charge in [0.1, 0.15) is 0 Å². The number of carbonyl (C=O) groups excluding carboxylic acids is 1. The lowest BCUT2D eigenvalue weighted by atomic mass is 10.1. The predicted molar refractivity (Wildman–Crippen MR) is 86.5 cm³/mol. The van der Waals surface area contributed by atoms with Crippen molar-refractivity contribution in [2.75, 3.05) is 24.5 Å². The Hall–Kier alpha value is -1.59. The highest BCUT2D eigenvalue weighted by molar-refractivity contribution is 5.98. The van der Waals surface area contributed by atoms with E-state index in [2.05, 4.69) is 6.07 Å². The van der Waals surface area contributed by atoms with Crippen LogP contribution in [0.1, 0.15) is 18.9 Å². The molecule has 1 amide bonds. The van der Waals surface area contributed by atoms with E-state index in [9.17, 15) is 9.59 Å². The number of rotatable bonds is 3. The first-order valence-electron chi connectivity index (χ1n) is 7.44. The molecule has 22 heavy (non-hydrogen) atoms. The number of anilines is 1. The minimum absolute atomic E-state index is 0. The number of nitrogens with zero attached hydrogens (tertiary/aromatic N) is 2. The average molecular weight is 325 g/mol. The van der Waals surface area contributed by atoms with Gasteiger partial charge in [0.2, 0.25) is 5.91 Å². The molecule has 120 valence electrons.